The Morgan fingerprint density at radius 1 is 1.42 bits per heavy atom. The summed E-state index contributed by atoms with van der Waals surface area (Å²) >= 11 is 0. The fourth-order valence-electron chi connectivity index (χ4n) is 2.14. The van der Waals surface area contributed by atoms with Gasteiger partial charge in [0.25, 0.3) is 0 Å². The van der Waals surface area contributed by atoms with Crippen molar-refractivity contribution in [2.24, 2.45) is 5.73 Å². The minimum atomic E-state index is -0.674. The molecule has 5 nitrogen and oxygen atoms in total. The molecule has 0 unspecified atom stereocenters. The number of hydrogen-bond donors (Lipinski definition) is 2. The lowest BCUT2D eigenvalue weighted by Gasteiger charge is -2.22. The zero-order valence-corrected chi connectivity index (χ0v) is 10.9. The Hall–Kier alpha value is -1.59. The molecule has 0 bridgehead atoms. The van der Waals surface area contributed by atoms with E-state index >= 15 is 0 Å². The van der Waals surface area contributed by atoms with Gasteiger partial charge in [0, 0.05) is 12.6 Å². The van der Waals surface area contributed by atoms with Gasteiger partial charge in [0.1, 0.15) is 6.61 Å². The standard InChI is InChI=1S/C14H20N2O3/c15-12-7-4-8-16(9-13(12)17)14(18)19-10-11-5-2-1-3-6-11/h1-3,5-6,12-13,17H,4,7-10,15H2/t12-,13+/m0/s1. The molecule has 1 fully saturated rings. The number of benzene rings is 1. The molecule has 0 aliphatic carbocycles. The van der Waals surface area contributed by atoms with Crippen LogP contribution in [0.15, 0.2) is 30.3 Å². The van der Waals surface area contributed by atoms with Gasteiger partial charge in [0.05, 0.1) is 12.6 Å². The molecule has 5 heteroatoms. The van der Waals surface area contributed by atoms with E-state index in [1.165, 1.54) is 4.90 Å². The summed E-state index contributed by atoms with van der Waals surface area (Å²) in [5.41, 5.74) is 6.72. The maximum Gasteiger partial charge on any atom is 0.410 e. The normalized spacial score (nSPS) is 23.8. The number of rotatable bonds is 2. The molecule has 0 aromatic heterocycles. The largest absolute Gasteiger partial charge is 0.445 e. The number of amides is 1. The molecule has 104 valence electrons. The second-order valence-corrected chi connectivity index (χ2v) is 4.86. The third-order valence-corrected chi connectivity index (χ3v) is 3.33. The molecule has 19 heavy (non-hydrogen) atoms. The van der Waals surface area contributed by atoms with Gasteiger partial charge >= 0.3 is 6.09 Å². The van der Waals surface area contributed by atoms with Gasteiger partial charge in [0.2, 0.25) is 0 Å². The number of nitrogens with two attached hydrogens (primary N) is 1. The number of carbonyl (C=O) groups excluding carboxylic acids is 1. The Kier molecular flexibility index (Phi) is 4.76. The molecule has 2 rings (SSSR count). The monoisotopic (exact) mass is 264 g/mol. The predicted octanol–water partition coefficient (Wildman–Crippen LogP) is 1.11. The molecule has 2 atom stereocenters. The van der Waals surface area contributed by atoms with Gasteiger partial charge in [0.15, 0.2) is 0 Å². The minimum Gasteiger partial charge on any atom is -0.445 e. The SMILES string of the molecule is N[C@H]1CCCN(C(=O)OCc2ccccc2)C[C@H]1O. The Bertz CT molecular complexity index is 410. The molecule has 1 aliphatic rings. The van der Waals surface area contributed by atoms with Crippen molar-refractivity contribution in [2.75, 3.05) is 13.1 Å². The number of hydrogen-bond acceptors (Lipinski definition) is 4. The van der Waals surface area contributed by atoms with E-state index in [0.717, 1.165) is 18.4 Å². The highest BCUT2D eigenvalue weighted by atomic mass is 16.6. The molecule has 1 aromatic rings. The first-order valence-corrected chi connectivity index (χ1v) is 6.56. The predicted molar refractivity (Wildman–Crippen MR) is 71.4 cm³/mol. The summed E-state index contributed by atoms with van der Waals surface area (Å²) in [6, 6.07) is 9.26. The highest BCUT2D eigenvalue weighted by molar-refractivity contribution is 5.67. The average molecular weight is 264 g/mol. The van der Waals surface area contributed by atoms with Gasteiger partial charge in [-0.15, -0.1) is 0 Å². The molecule has 3 N–H and O–H groups in total. The van der Waals surface area contributed by atoms with Crippen molar-refractivity contribution >= 4 is 6.09 Å². The smallest absolute Gasteiger partial charge is 0.410 e. The van der Waals surface area contributed by atoms with E-state index in [9.17, 15) is 9.90 Å². The highest BCUT2D eigenvalue weighted by Gasteiger charge is 2.26. The lowest BCUT2D eigenvalue weighted by Crippen LogP contribution is -2.42. The zero-order chi connectivity index (χ0) is 13.7. The van der Waals surface area contributed by atoms with Crippen molar-refractivity contribution in [3.8, 4) is 0 Å². The van der Waals surface area contributed by atoms with Crippen LogP contribution in [0.4, 0.5) is 4.79 Å². The van der Waals surface area contributed by atoms with Crippen LogP contribution in [-0.4, -0.2) is 41.3 Å². The van der Waals surface area contributed by atoms with Crippen molar-refractivity contribution in [1.82, 2.24) is 4.90 Å². The fourth-order valence-corrected chi connectivity index (χ4v) is 2.14. The topological polar surface area (TPSA) is 75.8 Å². The molecule has 0 spiro atoms. The van der Waals surface area contributed by atoms with Crippen LogP contribution in [0.2, 0.25) is 0 Å². The number of β-amino-alcohol motifs (C(OH)–C–C–N with tert-alkyl or cyclic N) is 1. The summed E-state index contributed by atoms with van der Waals surface area (Å²) in [5.74, 6) is 0. The van der Waals surface area contributed by atoms with Crippen LogP contribution < -0.4 is 5.73 Å². The van der Waals surface area contributed by atoms with Crippen molar-refractivity contribution in [3.63, 3.8) is 0 Å². The van der Waals surface area contributed by atoms with Crippen molar-refractivity contribution < 1.29 is 14.6 Å². The van der Waals surface area contributed by atoms with Gasteiger partial charge in [-0.2, -0.15) is 0 Å². The van der Waals surface area contributed by atoms with Crippen LogP contribution in [0.1, 0.15) is 18.4 Å². The van der Waals surface area contributed by atoms with Crippen molar-refractivity contribution in [1.29, 1.82) is 0 Å². The maximum atomic E-state index is 11.9. The van der Waals surface area contributed by atoms with Crippen LogP contribution >= 0.6 is 0 Å². The van der Waals surface area contributed by atoms with Gasteiger partial charge in [-0.1, -0.05) is 30.3 Å². The second kappa shape index (κ2) is 6.54. The number of carbonyl (C=O) groups is 1. The van der Waals surface area contributed by atoms with Crippen LogP contribution in [-0.2, 0) is 11.3 Å². The number of aliphatic hydroxyl groups is 1. The second-order valence-electron chi connectivity index (χ2n) is 4.86. The Morgan fingerprint density at radius 2 is 2.16 bits per heavy atom. The molecule has 1 heterocycles. The quantitative estimate of drug-likeness (QED) is 0.839. The van der Waals surface area contributed by atoms with E-state index in [1.54, 1.807) is 0 Å². The molecule has 0 radical (unpaired) electrons. The first-order chi connectivity index (χ1) is 9.16. The fraction of sp³-hybridized carbons (Fsp3) is 0.500. The zero-order valence-electron chi connectivity index (χ0n) is 10.9. The number of aliphatic hydroxyl groups excluding tert-OH is 1. The van der Waals surface area contributed by atoms with Crippen LogP contribution in [0.25, 0.3) is 0 Å². The summed E-state index contributed by atoms with van der Waals surface area (Å²) < 4.78 is 5.24. The van der Waals surface area contributed by atoms with Crippen LogP contribution in [0.5, 0.6) is 0 Å². The van der Waals surface area contributed by atoms with Gasteiger partial charge in [-0.25, -0.2) is 4.79 Å². The van der Waals surface area contributed by atoms with Gasteiger partial charge < -0.3 is 20.5 Å². The van der Waals surface area contributed by atoms with E-state index < -0.39 is 12.2 Å². The van der Waals surface area contributed by atoms with E-state index in [4.69, 9.17) is 10.5 Å². The molecule has 1 aromatic carbocycles. The molecule has 1 saturated heterocycles. The van der Waals surface area contributed by atoms with Crippen molar-refractivity contribution in [2.45, 2.75) is 31.6 Å². The third-order valence-electron chi connectivity index (χ3n) is 3.33. The van der Waals surface area contributed by atoms with E-state index in [0.29, 0.717) is 6.54 Å². The Balaban J connectivity index is 1.85. The summed E-state index contributed by atoms with van der Waals surface area (Å²) in [4.78, 5) is 13.5. The van der Waals surface area contributed by atoms with E-state index in [1.807, 2.05) is 30.3 Å². The first-order valence-electron chi connectivity index (χ1n) is 6.56. The highest BCUT2D eigenvalue weighted by Crippen LogP contribution is 2.12. The van der Waals surface area contributed by atoms with E-state index in [-0.39, 0.29) is 19.2 Å². The number of likely N-dealkylation sites (tertiary alicyclic amines) is 1. The van der Waals surface area contributed by atoms with E-state index in [2.05, 4.69) is 0 Å². The third kappa shape index (κ3) is 3.94. The molecule has 0 saturated carbocycles. The van der Waals surface area contributed by atoms with Crippen LogP contribution in [0, 0.1) is 0 Å². The minimum absolute atomic E-state index is 0.245. The summed E-state index contributed by atoms with van der Waals surface area (Å²) in [6.07, 6.45) is 0.450. The number of ether oxygens (including phenoxy) is 1. The first kappa shape index (κ1) is 13.8. The lowest BCUT2D eigenvalue weighted by molar-refractivity contribution is 0.0702. The Morgan fingerprint density at radius 3 is 2.89 bits per heavy atom. The molecule has 1 amide bonds. The molecular weight excluding hydrogens is 244 g/mol. The summed E-state index contributed by atoms with van der Waals surface area (Å²) in [7, 11) is 0. The Labute approximate surface area is 113 Å². The van der Waals surface area contributed by atoms with Crippen LogP contribution in [0.3, 0.4) is 0 Å². The summed E-state index contributed by atoms with van der Waals surface area (Å²) in [6.45, 7) is 1.07. The van der Waals surface area contributed by atoms with Gasteiger partial charge in [-0.3, -0.25) is 0 Å². The van der Waals surface area contributed by atoms with Gasteiger partial charge in [-0.05, 0) is 18.4 Å². The number of nitrogens with zero attached hydrogens (tertiary/aromatic N) is 1. The lowest BCUT2D eigenvalue weighted by atomic mass is 10.1. The van der Waals surface area contributed by atoms with Crippen molar-refractivity contribution in [3.05, 3.63) is 35.9 Å². The average Bonchev–Trinajstić information content (AvgIpc) is 2.60. The molecule has 1 aliphatic heterocycles. The summed E-state index contributed by atoms with van der Waals surface area (Å²) in [5, 5.41) is 9.79. The maximum absolute atomic E-state index is 11.9. The molecular formula is C14H20N2O3.